The third-order valence-electron chi connectivity index (χ3n) is 6.06. The zero-order chi connectivity index (χ0) is 26.1. The van der Waals surface area contributed by atoms with Gasteiger partial charge in [0.2, 0.25) is 0 Å². The average Bonchev–Trinajstić information content (AvgIpc) is 3.18. The number of amides is 1. The molecule has 1 amide bonds. The zero-order valence-electron chi connectivity index (χ0n) is 19.9. The summed E-state index contributed by atoms with van der Waals surface area (Å²) >= 11 is 13.7. The van der Waals surface area contributed by atoms with Gasteiger partial charge in [0, 0.05) is 15.9 Å². The van der Waals surface area contributed by atoms with Crippen LogP contribution in [0.1, 0.15) is 63.1 Å². The van der Waals surface area contributed by atoms with Gasteiger partial charge in [-0.1, -0.05) is 42.3 Å². The first-order valence-corrected chi connectivity index (χ1v) is 14.4. The Bertz CT molecular complexity index is 1190. The number of sulfone groups is 1. The van der Waals surface area contributed by atoms with Crippen molar-refractivity contribution in [2.24, 2.45) is 0 Å². The van der Waals surface area contributed by atoms with Crippen LogP contribution in [0, 0.1) is 0 Å². The molecule has 192 valence electrons. The maximum absolute atomic E-state index is 13.7. The van der Waals surface area contributed by atoms with Gasteiger partial charge in [0.25, 0.3) is 5.91 Å². The van der Waals surface area contributed by atoms with Crippen molar-refractivity contribution in [1.29, 1.82) is 0 Å². The highest BCUT2D eigenvalue weighted by molar-refractivity contribution is 7.92. The molecule has 0 spiro atoms. The van der Waals surface area contributed by atoms with Gasteiger partial charge < -0.3 is 14.7 Å². The SMILES string of the molecule is CCC(CS(=O)(=O)C(C)(C)C)N1C(=O)[C@H](CC(=O)O)O[C@H](c2cccc(Cl)c2)[C@H]1c1ccc(Cl)s1. The minimum atomic E-state index is -3.61. The van der Waals surface area contributed by atoms with Gasteiger partial charge in [-0.05, 0) is 57.0 Å². The minimum absolute atomic E-state index is 0.267. The van der Waals surface area contributed by atoms with Crippen LogP contribution in [0.3, 0.4) is 0 Å². The number of morpholine rings is 1. The summed E-state index contributed by atoms with van der Waals surface area (Å²) in [5, 5.41) is 9.92. The van der Waals surface area contributed by atoms with Gasteiger partial charge in [0.05, 0.1) is 27.3 Å². The molecule has 0 radical (unpaired) electrons. The number of hydrogen-bond acceptors (Lipinski definition) is 6. The number of ether oxygens (including phenoxy) is 1. The van der Waals surface area contributed by atoms with Crippen molar-refractivity contribution in [3.05, 3.63) is 56.2 Å². The maximum atomic E-state index is 13.7. The Morgan fingerprint density at radius 1 is 1.23 bits per heavy atom. The van der Waals surface area contributed by atoms with Crippen LogP contribution in [0.15, 0.2) is 36.4 Å². The van der Waals surface area contributed by atoms with Crippen LogP contribution in [0.2, 0.25) is 9.36 Å². The minimum Gasteiger partial charge on any atom is -0.481 e. The van der Waals surface area contributed by atoms with Crippen LogP contribution in [-0.4, -0.2) is 52.9 Å². The first-order chi connectivity index (χ1) is 16.2. The molecule has 35 heavy (non-hydrogen) atoms. The Kier molecular flexibility index (Phi) is 8.59. The highest BCUT2D eigenvalue weighted by Crippen LogP contribution is 2.47. The van der Waals surface area contributed by atoms with Crippen LogP contribution in [-0.2, 0) is 24.2 Å². The molecule has 2 heterocycles. The molecule has 0 bridgehead atoms. The van der Waals surface area contributed by atoms with Crippen LogP contribution in [0.5, 0.6) is 0 Å². The molecule has 1 saturated heterocycles. The van der Waals surface area contributed by atoms with Crippen molar-refractivity contribution >= 4 is 56.3 Å². The molecule has 1 aliphatic heterocycles. The van der Waals surface area contributed by atoms with Crippen molar-refractivity contribution in [3.8, 4) is 0 Å². The second kappa shape index (κ2) is 10.8. The van der Waals surface area contributed by atoms with Crippen LogP contribution >= 0.6 is 34.5 Å². The molecule has 2 aromatic rings. The van der Waals surface area contributed by atoms with Gasteiger partial charge in [-0.25, -0.2) is 8.42 Å². The third-order valence-corrected chi connectivity index (χ3v) is 10.3. The number of carbonyl (C=O) groups excluding carboxylic acids is 1. The van der Waals surface area contributed by atoms with Crippen molar-refractivity contribution in [2.45, 2.75) is 69.6 Å². The summed E-state index contributed by atoms with van der Waals surface area (Å²) in [5.74, 6) is -2.02. The van der Waals surface area contributed by atoms with Crippen molar-refractivity contribution in [1.82, 2.24) is 4.90 Å². The Hall–Kier alpha value is -1.65. The Morgan fingerprint density at radius 3 is 2.43 bits per heavy atom. The lowest BCUT2D eigenvalue weighted by Crippen LogP contribution is -2.57. The van der Waals surface area contributed by atoms with E-state index < -0.39 is 57.2 Å². The van der Waals surface area contributed by atoms with Crippen molar-refractivity contribution in [2.75, 3.05) is 5.75 Å². The van der Waals surface area contributed by atoms with Crippen LogP contribution in [0.25, 0.3) is 0 Å². The van der Waals surface area contributed by atoms with E-state index in [9.17, 15) is 23.1 Å². The fourth-order valence-corrected chi connectivity index (χ4v) is 6.86. The monoisotopic (exact) mass is 561 g/mol. The van der Waals surface area contributed by atoms with Gasteiger partial charge in [-0.3, -0.25) is 9.59 Å². The fraction of sp³-hybridized carbons (Fsp3) is 0.500. The first kappa shape index (κ1) is 27.9. The average molecular weight is 563 g/mol. The second-order valence-electron chi connectivity index (χ2n) is 9.49. The van der Waals surface area contributed by atoms with Gasteiger partial charge >= 0.3 is 5.97 Å². The zero-order valence-corrected chi connectivity index (χ0v) is 23.0. The van der Waals surface area contributed by atoms with Gasteiger partial charge in [0.1, 0.15) is 12.2 Å². The number of halogens is 2. The number of thiophene rings is 1. The van der Waals surface area contributed by atoms with Crippen molar-refractivity contribution < 1.29 is 27.9 Å². The summed E-state index contributed by atoms with van der Waals surface area (Å²) in [6, 6.07) is 8.99. The number of carbonyl (C=O) groups is 2. The molecular formula is C24H29Cl2NO6S2. The van der Waals surface area contributed by atoms with Crippen LogP contribution in [0.4, 0.5) is 0 Å². The van der Waals surface area contributed by atoms with Gasteiger partial charge in [-0.2, -0.15) is 0 Å². The van der Waals surface area contributed by atoms with Crippen molar-refractivity contribution in [3.63, 3.8) is 0 Å². The number of rotatable bonds is 8. The highest BCUT2D eigenvalue weighted by Gasteiger charge is 2.49. The number of carboxylic acids is 1. The number of nitrogens with zero attached hydrogens (tertiary/aromatic N) is 1. The van der Waals surface area contributed by atoms with E-state index in [1.807, 2.05) is 6.92 Å². The lowest BCUT2D eigenvalue weighted by atomic mass is 9.93. The quantitative estimate of drug-likeness (QED) is 0.454. The van der Waals surface area contributed by atoms with E-state index >= 15 is 0 Å². The largest absolute Gasteiger partial charge is 0.481 e. The van der Waals surface area contributed by atoms with E-state index in [0.29, 0.717) is 26.2 Å². The van der Waals surface area contributed by atoms with E-state index in [1.165, 1.54) is 16.2 Å². The van der Waals surface area contributed by atoms with E-state index in [4.69, 9.17) is 27.9 Å². The van der Waals surface area contributed by atoms with Gasteiger partial charge in [0.15, 0.2) is 9.84 Å². The molecule has 7 nitrogen and oxygen atoms in total. The number of benzene rings is 1. The predicted molar refractivity (Wildman–Crippen MR) is 138 cm³/mol. The first-order valence-electron chi connectivity index (χ1n) is 11.2. The standard InChI is InChI=1S/C24H29Cl2NO6S2/c1-5-16(13-35(31,32)24(2,3)4)27-21(18-9-10-19(26)34-18)22(14-7-6-8-15(25)11-14)33-17(23(27)30)12-20(28)29/h6-11,16-17,21-22H,5,12-13H2,1-4H3,(H,28,29)/t16?,17-,21+,22+/m0/s1. The number of aliphatic carboxylic acids is 1. The normalized spacial score (nSPS) is 22.3. The summed E-state index contributed by atoms with van der Waals surface area (Å²) < 4.78 is 32.0. The molecule has 1 unspecified atom stereocenters. The fourth-order valence-electron chi connectivity index (χ4n) is 4.08. The molecular weight excluding hydrogens is 533 g/mol. The number of hydrogen-bond donors (Lipinski definition) is 1. The van der Waals surface area contributed by atoms with Gasteiger partial charge in [-0.15, -0.1) is 11.3 Å². The summed E-state index contributed by atoms with van der Waals surface area (Å²) in [4.78, 5) is 27.5. The summed E-state index contributed by atoms with van der Waals surface area (Å²) in [6.07, 6.45) is -2.27. The molecule has 0 aliphatic carbocycles. The second-order valence-corrected chi connectivity index (χ2v) is 14.5. The molecule has 1 fully saturated rings. The maximum Gasteiger partial charge on any atom is 0.306 e. The Labute approximate surface area is 219 Å². The summed E-state index contributed by atoms with van der Waals surface area (Å²) in [7, 11) is -3.61. The topological polar surface area (TPSA) is 101 Å². The third kappa shape index (κ3) is 6.20. The number of carboxylic acid groups (broad SMARTS) is 1. The smallest absolute Gasteiger partial charge is 0.306 e. The molecule has 1 N–H and O–H groups in total. The van der Waals surface area contributed by atoms with E-state index in [-0.39, 0.29) is 5.75 Å². The lowest BCUT2D eigenvalue weighted by Gasteiger charge is -2.47. The predicted octanol–water partition coefficient (Wildman–Crippen LogP) is 5.53. The van der Waals surface area contributed by atoms with E-state index in [0.717, 1.165) is 0 Å². The summed E-state index contributed by atoms with van der Waals surface area (Å²) in [5.41, 5.74) is 0.647. The molecule has 11 heteroatoms. The van der Waals surface area contributed by atoms with E-state index in [2.05, 4.69) is 0 Å². The Balaban J connectivity index is 2.19. The molecule has 3 rings (SSSR count). The molecule has 1 aromatic heterocycles. The highest BCUT2D eigenvalue weighted by atomic mass is 35.5. The summed E-state index contributed by atoms with van der Waals surface area (Å²) in [6.45, 7) is 6.67. The van der Waals surface area contributed by atoms with Crippen LogP contribution < -0.4 is 0 Å². The Morgan fingerprint density at radius 2 is 1.91 bits per heavy atom. The molecule has 1 aromatic carbocycles. The molecule has 0 saturated carbocycles. The molecule has 4 atom stereocenters. The van der Waals surface area contributed by atoms with E-state index in [1.54, 1.807) is 57.2 Å². The molecule has 1 aliphatic rings. The lowest BCUT2D eigenvalue weighted by molar-refractivity contribution is -0.182.